The van der Waals surface area contributed by atoms with Gasteiger partial charge in [0, 0.05) is 54.6 Å². The van der Waals surface area contributed by atoms with E-state index in [1.807, 2.05) is 24.4 Å². The van der Waals surface area contributed by atoms with E-state index in [2.05, 4.69) is 55.5 Å². The molecule has 0 N–H and O–H groups in total. The molecule has 1 aliphatic rings. The maximum Gasteiger partial charge on any atom is 0.112 e. The van der Waals surface area contributed by atoms with Gasteiger partial charge < -0.3 is 4.74 Å². The molecule has 0 radical (unpaired) electrons. The Balaban J connectivity index is 1.42. The lowest BCUT2D eigenvalue weighted by Gasteiger charge is -2.32. The summed E-state index contributed by atoms with van der Waals surface area (Å²) in [6.07, 6.45) is 2.72. The highest BCUT2D eigenvalue weighted by Gasteiger charge is 2.25. The van der Waals surface area contributed by atoms with Gasteiger partial charge in [-0.25, -0.2) is 0 Å². The van der Waals surface area contributed by atoms with Crippen LogP contribution >= 0.6 is 11.6 Å². The van der Waals surface area contributed by atoms with Crippen molar-refractivity contribution in [3.63, 3.8) is 0 Å². The van der Waals surface area contributed by atoms with Gasteiger partial charge in [0.15, 0.2) is 0 Å². The van der Waals surface area contributed by atoms with Crippen molar-refractivity contribution in [2.24, 2.45) is 0 Å². The molecule has 0 amide bonds. The number of rotatable bonds is 6. The largest absolute Gasteiger partial charge is 0.369 e. The first-order valence-electron chi connectivity index (χ1n) is 11.0. The first-order valence-corrected chi connectivity index (χ1v) is 11.4. The molecule has 2 aromatic heterocycles. The third-order valence-electron chi connectivity index (χ3n) is 6.03. The van der Waals surface area contributed by atoms with E-state index in [-0.39, 0.29) is 6.10 Å². The summed E-state index contributed by atoms with van der Waals surface area (Å²) in [6, 6.07) is 12.6. The van der Waals surface area contributed by atoms with Gasteiger partial charge in [0.1, 0.15) is 6.10 Å². The Morgan fingerprint density at radius 3 is 2.65 bits per heavy atom. The number of aryl methyl sites for hydroxylation is 1. The highest BCUT2D eigenvalue weighted by atomic mass is 35.5. The number of ether oxygens (including phenoxy) is 1. The standard InChI is InChI=1S/C25H31ClN4O/c1-17(2)30-19(4)22(18(3)28-30)15-29-11-12-31-25(16-29)24-10-9-20(14-27-24)13-21-7-5-6-8-23(21)26/h5-10,14,17,25H,11-13,15-16H2,1-4H3/t25-/m0/s1. The molecule has 1 aromatic carbocycles. The van der Waals surface area contributed by atoms with Gasteiger partial charge in [0.05, 0.1) is 18.0 Å². The molecule has 0 spiro atoms. The Morgan fingerprint density at radius 2 is 1.97 bits per heavy atom. The van der Waals surface area contributed by atoms with Crippen molar-refractivity contribution in [3.8, 4) is 0 Å². The lowest BCUT2D eigenvalue weighted by atomic mass is 10.1. The predicted octanol–water partition coefficient (Wildman–Crippen LogP) is 5.29. The van der Waals surface area contributed by atoms with Crippen LogP contribution in [-0.2, 0) is 17.7 Å². The third kappa shape index (κ3) is 5.00. The van der Waals surface area contributed by atoms with Gasteiger partial charge in [-0.2, -0.15) is 5.10 Å². The predicted molar refractivity (Wildman–Crippen MR) is 125 cm³/mol. The van der Waals surface area contributed by atoms with E-state index in [1.54, 1.807) is 0 Å². The van der Waals surface area contributed by atoms with Crippen LogP contribution in [0.4, 0.5) is 0 Å². The molecule has 0 aliphatic carbocycles. The number of morpholine rings is 1. The van der Waals surface area contributed by atoms with Crippen LogP contribution in [-0.4, -0.2) is 39.4 Å². The fourth-order valence-electron chi connectivity index (χ4n) is 4.27. The minimum atomic E-state index is -0.0103. The fourth-order valence-corrected chi connectivity index (χ4v) is 4.47. The summed E-state index contributed by atoms with van der Waals surface area (Å²) < 4.78 is 8.19. The Labute approximate surface area is 190 Å². The van der Waals surface area contributed by atoms with E-state index in [1.165, 1.54) is 11.3 Å². The van der Waals surface area contributed by atoms with Crippen LogP contribution in [0, 0.1) is 13.8 Å². The summed E-state index contributed by atoms with van der Waals surface area (Å²) >= 11 is 6.30. The molecule has 5 nitrogen and oxygen atoms in total. The van der Waals surface area contributed by atoms with Gasteiger partial charge in [-0.1, -0.05) is 35.9 Å². The second kappa shape index (κ2) is 9.51. The Hall–Kier alpha value is -2.21. The number of nitrogens with zero attached hydrogens (tertiary/aromatic N) is 4. The number of aromatic nitrogens is 3. The van der Waals surface area contributed by atoms with Crippen LogP contribution in [0.1, 0.15) is 59.8 Å². The summed E-state index contributed by atoms with van der Waals surface area (Å²) in [7, 11) is 0. The third-order valence-corrected chi connectivity index (χ3v) is 6.39. The van der Waals surface area contributed by atoms with Gasteiger partial charge in [0.2, 0.25) is 0 Å². The smallest absolute Gasteiger partial charge is 0.112 e. The molecule has 4 rings (SSSR count). The van der Waals surface area contributed by atoms with Crippen molar-refractivity contribution in [1.82, 2.24) is 19.7 Å². The fraction of sp³-hybridized carbons (Fsp3) is 0.440. The van der Waals surface area contributed by atoms with Crippen LogP contribution in [0.25, 0.3) is 0 Å². The van der Waals surface area contributed by atoms with Gasteiger partial charge in [-0.15, -0.1) is 0 Å². The lowest BCUT2D eigenvalue weighted by molar-refractivity contribution is -0.0351. The molecule has 3 heterocycles. The summed E-state index contributed by atoms with van der Waals surface area (Å²) in [4.78, 5) is 7.17. The Morgan fingerprint density at radius 1 is 1.16 bits per heavy atom. The van der Waals surface area contributed by atoms with Crippen LogP contribution in [0.3, 0.4) is 0 Å². The van der Waals surface area contributed by atoms with Crippen LogP contribution in [0.2, 0.25) is 5.02 Å². The maximum atomic E-state index is 6.30. The molecule has 3 aromatic rings. The minimum absolute atomic E-state index is 0.0103. The van der Waals surface area contributed by atoms with E-state index in [4.69, 9.17) is 26.4 Å². The van der Waals surface area contributed by atoms with E-state index in [9.17, 15) is 0 Å². The molecule has 0 saturated carbocycles. The maximum absolute atomic E-state index is 6.30. The number of pyridine rings is 1. The molecular weight excluding hydrogens is 408 g/mol. The van der Waals surface area contributed by atoms with Crippen molar-refractivity contribution >= 4 is 11.6 Å². The molecule has 1 fully saturated rings. The van der Waals surface area contributed by atoms with Crippen molar-refractivity contribution in [2.75, 3.05) is 19.7 Å². The zero-order valence-electron chi connectivity index (χ0n) is 18.8. The van der Waals surface area contributed by atoms with Gasteiger partial charge in [0.25, 0.3) is 0 Å². The Kier molecular flexibility index (Phi) is 6.75. The van der Waals surface area contributed by atoms with E-state index >= 15 is 0 Å². The Bertz CT molecular complexity index is 1030. The summed E-state index contributed by atoms with van der Waals surface area (Å²) in [5, 5.41) is 5.54. The van der Waals surface area contributed by atoms with E-state index < -0.39 is 0 Å². The summed E-state index contributed by atoms with van der Waals surface area (Å²) in [5.41, 5.74) is 6.97. The molecular formula is C25H31ClN4O. The first-order chi connectivity index (χ1) is 14.9. The van der Waals surface area contributed by atoms with Crippen LogP contribution in [0.5, 0.6) is 0 Å². The average Bonchev–Trinajstić information content (AvgIpc) is 3.05. The zero-order chi connectivity index (χ0) is 22.0. The number of hydrogen-bond donors (Lipinski definition) is 0. The summed E-state index contributed by atoms with van der Waals surface area (Å²) in [5.74, 6) is 0. The van der Waals surface area contributed by atoms with Crippen molar-refractivity contribution in [3.05, 3.63) is 81.4 Å². The monoisotopic (exact) mass is 438 g/mol. The zero-order valence-corrected chi connectivity index (χ0v) is 19.6. The molecule has 1 aliphatic heterocycles. The number of hydrogen-bond acceptors (Lipinski definition) is 4. The quantitative estimate of drug-likeness (QED) is 0.524. The van der Waals surface area contributed by atoms with Crippen molar-refractivity contribution in [2.45, 2.75) is 52.8 Å². The van der Waals surface area contributed by atoms with Gasteiger partial charge in [-0.05, 0) is 51.0 Å². The van der Waals surface area contributed by atoms with Crippen LogP contribution < -0.4 is 0 Å². The normalized spacial score (nSPS) is 17.4. The van der Waals surface area contributed by atoms with E-state index in [0.717, 1.165) is 53.6 Å². The van der Waals surface area contributed by atoms with Crippen molar-refractivity contribution < 1.29 is 4.74 Å². The molecule has 0 bridgehead atoms. The second-order valence-electron chi connectivity index (χ2n) is 8.64. The molecule has 1 atom stereocenters. The highest BCUT2D eigenvalue weighted by molar-refractivity contribution is 6.31. The average molecular weight is 439 g/mol. The summed E-state index contributed by atoms with van der Waals surface area (Å²) in [6.45, 7) is 12.0. The van der Waals surface area contributed by atoms with E-state index in [0.29, 0.717) is 12.6 Å². The second-order valence-corrected chi connectivity index (χ2v) is 9.05. The topological polar surface area (TPSA) is 43.2 Å². The van der Waals surface area contributed by atoms with Crippen LogP contribution in [0.15, 0.2) is 42.6 Å². The molecule has 6 heteroatoms. The lowest BCUT2D eigenvalue weighted by Crippen LogP contribution is -2.38. The van der Waals surface area contributed by atoms with Gasteiger partial charge >= 0.3 is 0 Å². The SMILES string of the molecule is Cc1nn(C(C)C)c(C)c1CN1CCO[C@H](c2ccc(Cc3ccccc3Cl)cn2)C1. The minimum Gasteiger partial charge on any atom is -0.369 e. The van der Waals surface area contributed by atoms with Gasteiger partial charge in [-0.3, -0.25) is 14.6 Å². The molecule has 164 valence electrons. The molecule has 1 saturated heterocycles. The number of halogens is 1. The molecule has 31 heavy (non-hydrogen) atoms. The van der Waals surface area contributed by atoms with Crippen molar-refractivity contribution in [1.29, 1.82) is 0 Å². The number of benzene rings is 1. The highest BCUT2D eigenvalue weighted by Crippen LogP contribution is 2.25. The molecule has 0 unspecified atom stereocenters. The first kappa shape index (κ1) is 22.0.